The lowest BCUT2D eigenvalue weighted by atomic mass is 9.89. The summed E-state index contributed by atoms with van der Waals surface area (Å²) in [6.45, 7) is 2.46. The van der Waals surface area contributed by atoms with Crippen LogP contribution in [0.15, 0.2) is 48.9 Å². The molecule has 184 valence electrons. The van der Waals surface area contributed by atoms with E-state index < -0.39 is 35.3 Å². The SMILES string of the molecule is CC1CCCN(C(=O)c2c(F)cc(F)cc2-c2ncccn2)C1CNc1ccc(C(F)(F)F)cn1. The number of amides is 1. The Morgan fingerprint density at radius 2 is 1.89 bits per heavy atom. The Labute approximate surface area is 198 Å². The number of halogens is 5. The van der Waals surface area contributed by atoms with Gasteiger partial charge in [-0.2, -0.15) is 13.2 Å². The molecule has 2 atom stereocenters. The Morgan fingerprint density at radius 3 is 2.54 bits per heavy atom. The van der Waals surface area contributed by atoms with E-state index in [0.29, 0.717) is 19.0 Å². The van der Waals surface area contributed by atoms with Crippen LogP contribution in [0.4, 0.5) is 27.8 Å². The minimum Gasteiger partial charge on any atom is -0.368 e. The van der Waals surface area contributed by atoms with Crippen LogP contribution < -0.4 is 5.32 Å². The van der Waals surface area contributed by atoms with E-state index in [1.165, 1.54) is 23.4 Å². The molecule has 4 rings (SSSR count). The first-order valence-electron chi connectivity index (χ1n) is 11.0. The first-order valence-corrected chi connectivity index (χ1v) is 11.0. The van der Waals surface area contributed by atoms with E-state index in [1.54, 1.807) is 6.07 Å². The van der Waals surface area contributed by atoms with Gasteiger partial charge in [-0.1, -0.05) is 6.92 Å². The fourth-order valence-corrected chi connectivity index (χ4v) is 4.24. The summed E-state index contributed by atoms with van der Waals surface area (Å²) >= 11 is 0. The summed E-state index contributed by atoms with van der Waals surface area (Å²) in [6.07, 6.45) is 0.541. The minimum absolute atomic E-state index is 0.00887. The normalized spacial score (nSPS) is 18.4. The van der Waals surface area contributed by atoms with E-state index in [4.69, 9.17) is 0 Å². The number of likely N-dealkylation sites (tertiary alicyclic amines) is 1. The van der Waals surface area contributed by atoms with E-state index in [2.05, 4.69) is 20.3 Å². The van der Waals surface area contributed by atoms with Crippen molar-refractivity contribution in [1.29, 1.82) is 0 Å². The Bertz CT molecular complexity index is 1190. The van der Waals surface area contributed by atoms with Crippen molar-refractivity contribution in [2.45, 2.75) is 32.0 Å². The Kier molecular flexibility index (Phi) is 6.95. The van der Waals surface area contributed by atoms with E-state index in [9.17, 15) is 26.7 Å². The fraction of sp³-hybridized carbons (Fsp3) is 0.333. The quantitative estimate of drug-likeness (QED) is 0.498. The summed E-state index contributed by atoms with van der Waals surface area (Å²) in [5.41, 5.74) is -1.25. The van der Waals surface area contributed by atoms with Crippen LogP contribution in [0.3, 0.4) is 0 Å². The molecule has 35 heavy (non-hydrogen) atoms. The number of aromatic nitrogens is 3. The van der Waals surface area contributed by atoms with Crippen LogP contribution in [-0.4, -0.2) is 44.9 Å². The summed E-state index contributed by atoms with van der Waals surface area (Å²) in [5.74, 6) is -2.28. The summed E-state index contributed by atoms with van der Waals surface area (Å²) in [4.78, 5) is 27.0. The van der Waals surface area contributed by atoms with Gasteiger partial charge >= 0.3 is 6.18 Å². The molecule has 1 aliphatic heterocycles. The molecule has 1 N–H and O–H groups in total. The number of alkyl halides is 3. The van der Waals surface area contributed by atoms with Gasteiger partial charge in [-0.3, -0.25) is 4.79 Å². The van der Waals surface area contributed by atoms with E-state index >= 15 is 0 Å². The van der Waals surface area contributed by atoms with Crippen LogP contribution in [0.1, 0.15) is 35.7 Å². The van der Waals surface area contributed by atoms with Crippen molar-refractivity contribution in [3.63, 3.8) is 0 Å². The van der Waals surface area contributed by atoms with Crippen LogP contribution in [0.25, 0.3) is 11.4 Å². The van der Waals surface area contributed by atoms with Crippen LogP contribution in [0.5, 0.6) is 0 Å². The predicted molar refractivity (Wildman–Crippen MR) is 118 cm³/mol. The van der Waals surface area contributed by atoms with Gasteiger partial charge in [-0.25, -0.2) is 23.7 Å². The van der Waals surface area contributed by atoms with Gasteiger partial charge in [0.05, 0.1) is 17.2 Å². The average molecular weight is 491 g/mol. The lowest BCUT2D eigenvalue weighted by molar-refractivity contribution is -0.137. The van der Waals surface area contributed by atoms with Crippen LogP contribution in [0.2, 0.25) is 0 Å². The van der Waals surface area contributed by atoms with Gasteiger partial charge in [-0.05, 0) is 43.0 Å². The molecule has 0 bridgehead atoms. The van der Waals surface area contributed by atoms with Gasteiger partial charge in [-0.15, -0.1) is 0 Å². The van der Waals surface area contributed by atoms with Gasteiger partial charge in [0.2, 0.25) is 0 Å². The highest BCUT2D eigenvalue weighted by Crippen LogP contribution is 2.31. The number of rotatable bonds is 5. The monoisotopic (exact) mass is 491 g/mol. The Balaban J connectivity index is 1.60. The van der Waals surface area contributed by atoms with Crippen molar-refractivity contribution in [3.05, 3.63) is 71.7 Å². The number of hydrogen-bond acceptors (Lipinski definition) is 5. The number of carbonyl (C=O) groups is 1. The number of anilines is 1. The Morgan fingerprint density at radius 1 is 1.14 bits per heavy atom. The molecular weight excluding hydrogens is 469 g/mol. The second kappa shape index (κ2) is 9.93. The summed E-state index contributed by atoms with van der Waals surface area (Å²) in [6, 6.07) is 4.94. The maximum absolute atomic E-state index is 15.0. The zero-order valence-corrected chi connectivity index (χ0v) is 18.7. The standard InChI is InChI=1S/C24H22F5N5O/c1-14-4-2-9-34(19(14)13-33-20-6-5-15(12-32-20)24(27,28)29)23(35)21-17(10-16(25)11-18(21)26)22-30-7-3-8-31-22/h3,5-8,10-12,14,19H,2,4,9,13H2,1H3,(H,32,33). The van der Waals surface area contributed by atoms with Crippen molar-refractivity contribution in [2.24, 2.45) is 5.92 Å². The van der Waals surface area contributed by atoms with Gasteiger partial charge in [0.25, 0.3) is 5.91 Å². The van der Waals surface area contributed by atoms with Gasteiger partial charge in [0, 0.05) is 43.3 Å². The number of carbonyl (C=O) groups excluding carboxylic acids is 1. The number of benzene rings is 1. The van der Waals surface area contributed by atoms with Crippen molar-refractivity contribution >= 4 is 11.7 Å². The zero-order chi connectivity index (χ0) is 25.2. The number of nitrogens with one attached hydrogen (secondary N) is 1. The molecule has 1 fully saturated rings. The van der Waals surface area contributed by atoms with Crippen molar-refractivity contribution in [3.8, 4) is 11.4 Å². The molecule has 6 nitrogen and oxygen atoms in total. The average Bonchev–Trinajstić information content (AvgIpc) is 2.82. The molecule has 3 aromatic rings. The molecule has 3 heterocycles. The van der Waals surface area contributed by atoms with Crippen LogP contribution in [-0.2, 0) is 6.18 Å². The van der Waals surface area contributed by atoms with Crippen LogP contribution in [0, 0.1) is 17.6 Å². The molecule has 0 saturated carbocycles. The molecule has 1 amide bonds. The number of nitrogens with zero attached hydrogens (tertiary/aromatic N) is 4. The highest BCUT2D eigenvalue weighted by Gasteiger charge is 2.35. The van der Waals surface area contributed by atoms with E-state index in [0.717, 1.165) is 24.8 Å². The molecule has 0 radical (unpaired) electrons. The summed E-state index contributed by atoms with van der Waals surface area (Å²) in [7, 11) is 0. The molecule has 1 aromatic carbocycles. The summed E-state index contributed by atoms with van der Waals surface area (Å²) in [5, 5.41) is 2.98. The predicted octanol–water partition coefficient (Wildman–Crippen LogP) is 5.19. The molecule has 1 saturated heterocycles. The van der Waals surface area contributed by atoms with Crippen LogP contribution >= 0.6 is 0 Å². The number of hydrogen-bond donors (Lipinski definition) is 1. The number of pyridine rings is 1. The lowest BCUT2D eigenvalue weighted by Crippen LogP contribution is -2.51. The van der Waals surface area contributed by atoms with Gasteiger partial charge in [0.1, 0.15) is 17.5 Å². The topological polar surface area (TPSA) is 71.0 Å². The first-order chi connectivity index (χ1) is 16.6. The number of piperidine rings is 1. The molecule has 2 aromatic heterocycles. The third kappa shape index (κ3) is 5.39. The first kappa shape index (κ1) is 24.5. The van der Waals surface area contributed by atoms with Crippen molar-refractivity contribution in [1.82, 2.24) is 19.9 Å². The Hall–Kier alpha value is -3.63. The van der Waals surface area contributed by atoms with Gasteiger partial charge < -0.3 is 10.2 Å². The van der Waals surface area contributed by atoms with E-state index in [-0.39, 0.29) is 35.2 Å². The van der Waals surface area contributed by atoms with Crippen molar-refractivity contribution < 1.29 is 26.7 Å². The highest BCUT2D eigenvalue weighted by molar-refractivity contribution is 6.00. The second-order valence-electron chi connectivity index (χ2n) is 8.38. The van der Waals surface area contributed by atoms with Crippen molar-refractivity contribution in [2.75, 3.05) is 18.4 Å². The van der Waals surface area contributed by atoms with E-state index in [1.807, 2.05) is 6.92 Å². The molecule has 0 spiro atoms. The lowest BCUT2D eigenvalue weighted by Gasteiger charge is -2.40. The maximum Gasteiger partial charge on any atom is 0.417 e. The summed E-state index contributed by atoms with van der Waals surface area (Å²) < 4.78 is 67.4. The van der Waals surface area contributed by atoms with Gasteiger partial charge in [0.15, 0.2) is 5.82 Å². The third-order valence-electron chi connectivity index (χ3n) is 6.04. The second-order valence-corrected chi connectivity index (χ2v) is 8.38. The maximum atomic E-state index is 15.0. The molecular formula is C24H22F5N5O. The molecule has 11 heteroatoms. The molecule has 1 aliphatic rings. The fourth-order valence-electron chi connectivity index (χ4n) is 4.24. The smallest absolute Gasteiger partial charge is 0.368 e. The highest BCUT2D eigenvalue weighted by atomic mass is 19.4. The molecule has 2 unspecified atom stereocenters. The minimum atomic E-state index is -4.49. The molecule has 0 aliphatic carbocycles. The zero-order valence-electron chi connectivity index (χ0n) is 18.7. The largest absolute Gasteiger partial charge is 0.417 e. The third-order valence-corrected chi connectivity index (χ3v) is 6.04.